The van der Waals surface area contributed by atoms with Crippen LogP contribution in [0.5, 0.6) is 0 Å². The molecule has 0 heterocycles. The van der Waals surface area contributed by atoms with Crippen molar-refractivity contribution in [1.29, 1.82) is 0 Å². The Kier molecular flexibility index (Phi) is 4.72. The van der Waals surface area contributed by atoms with Gasteiger partial charge in [0, 0.05) is 14.6 Å². The first-order valence-electron chi connectivity index (χ1n) is 5.66. The fourth-order valence-electron chi connectivity index (χ4n) is 1.68. The van der Waals surface area contributed by atoms with Crippen LogP contribution in [0.3, 0.4) is 0 Å². The topological polar surface area (TPSA) is 72.2 Å². The summed E-state index contributed by atoms with van der Waals surface area (Å²) in [5.74, 6) is -0.124. The second-order valence-electron chi connectivity index (χ2n) is 4.23. The Morgan fingerprint density at radius 1 is 1.10 bits per heavy atom. The fraction of sp³-hybridized carbons (Fsp3) is 0.0769. The minimum absolute atomic E-state index is 0.124. The quantitative estimate of drug-likeness (QED) is 0.741. The molecule has 0 aliphatic rings. The van der Waals surface area contributed by atoms with Crippen molar-refractivity contribution >= 4 is 53.3 Å². The van der Waals surface area contributed by atoms with Crippen LogP contribution in [0, 0.1) is 0 Å². The molecular weight excluding hydrogens is 408 g/mol. The smallest absolute Gasteiger partial charge is 0.236 e. The maximum atomic E-state index is 12.1. The van der Waals surface area contributed by atoms with E-state index in [0.29, 0.717) is 21.4 Å². The minimum atomic E-state index is -3.49. The Morgan fingerprint density at radius 3 is 2.50 bits per heavy atom. The average molecular weight is 420 g/mol. The summed E-state index contributed by atoms with van der Waals surface area (Å²) >= 11 is 6.64. The van der Waals surface area contributed by atoms with Crippen molar-refractivity contribution in [2.75, 3.05) is 10.5 Å². The molecule has 0 aromatic heterocycles. The largest absolute Gasteiger partial charge is 0.399 e. The third-order valence-electron chi connectivity index (χ3n) is 2.50. The molecule has 0 radical (unpaired) electrons. The summed E-state index contributed by atoms with van der Waals surface area (Å²) in [5, 5.41) is 0. The Labute approximate surface area is 134 Å². The van der Waals surface area contributed by atoms with Crippen molar-refractivity contribution in [3.63, 3.8) is 0 Å². The number of rotatable bonds is 4. The van der Waals surface area contributed by atoms with Crippen molar-refractivity contribution < 1.29 is 8.42 Å². The van der Waals surface area contributed by atoms with E-state index >= 15 is 0 Å². The zero-order chi connectivity index (χ0) is 14.8. The third kappa shape index (κ3) is 4.22. The maximum absolute atomic E-state index is 12.1. The number of nitrogen functional groups attached to an aromatic ring is 1. The summed E-state index contributed by atoms with van der Waals surface area (Å²) in [7, 11) is -3.49. The average Bonchev–Trinajstić information content (AvgIpc) is 2.32. The van der Waals surface area contributed by atoms with E-state index in [9.17, 15) is 8.42 Å². The number of benzene rings is 2. The van der Waals surface area contributed by atoms with Crippen molar-refractivity contribution in [3.05, 3.63) is 57.0 Å². The van der Waals surface area contributed by atoms with E-state index in [-0.39, 0.29) is 5.75 Å². The third-order valence-corrected chi connectivity index (χ3v) is 4.90. The number of hydrogen-bond donors (Lipinski definition) is 2. The second kappa shape index (κ2) is 6.15. The number of halogens is 2. The molecule has 0 amide bonds. The number of nitrogens with one attached hydrogen (secondary N) is 1. The van der Waals surface area contributed by atoms with Crippen molar-refractivity contribution in [2.45, 2.75) is 5.75 Å². The van der Waals surface area contributed by atoms with Crippen LogP contribution < -0.4 is 10.5 Å². The minimum Gasteiger partial charge on any atom is -0.399 e. The molecule has 20 heavy (non-hydrogen) atoms. The highest BCUT2D eigenvalue weighted by atomic mass is 79.9. The van der Waals surface area contributed by atoms with Gasteiger partial charge >= 0.3 is 0 Å². The first-order chi connectivity index (χ1) is 9.35. The Hall–Kier alpha value is -1.05. The predicted octanol–water partition coefficient (Wildman–Crippen LogP) is 3.74. The van der Waals surface area contributed by atoms with Crippen LogP contribution in [-0.2, 0) is 15.8 Å². The SMILES string of the molecule is Nc1cccc(CS(=O)(=O)Nc2ccc(Br)cc2Br)c1. The number of sulfonamides is 1. The molecule has 0 saturated heterocycles. The summed E-state index contributed by atoms with van der Waals surface area (Å²) in [6, 6.07) is 12.1. The van der Waals surface area contributed by atoms with Crippen LogP contribution in [0.2, 0.25) is 0 Å². The standard InChI is InChI=1S/C13H12Br2N2O2S/c14-10-4-5-13(12(15)7-10)17-20(18,19)8-9-2-1-3-11(16)6-9/h1-7,17H,8,16H2. The molecule has 0 bridgehead atoms. The van der Waals surface area contributed by atoms with Gasteiger partial charge in [-0.05, 0) is 51.8 Å². The van der Waals surface area contributed by atoms with Gasteiger partial charge in [-0.25, -0.2) is 8.42 Å². The molecule has 0 aliphatic carbocycles. The molecule has 4 nitrogen and oxygen atoms in total. The number of hydrogen-bond acceptors (Lipinski definition) is 3. The molecule has 0 fully saturated rings. The van der Waals surface area contributed by atoms with E-state index in [2.05, 4.69) is 36.6 Å². The maximum Gasteiger partial charge on any atom is 0.236 e. The predicted molar refractivity (Wildman–Crippen MR) is 88.9 cm³/mol. The van der Waals surface area contributed by atoms with Crippen LogP contribution in [0.4, 0.5) is 11.4 Å². The van der Waals surface area contributed by atoms with Crippen LogP contribution in [0.15, 0.2) is 51.4 Å². The van der Waals surface area contributed by atoms with Gasteiger partial charge in [0.1, 0.15) is 0 Å². The van der Waals surface area contributed by atoms with E-state index in [0.717, 1.165) is 4.47 Å². The van der Waals surface area contributed by atoms with Gasteiger partial charge in [0.05, 0.1) is 11.4 Å². The van der Waals surface area contributed by atoms with Gasteiger partial charge in [0.2, 0.25) is 10.0 Å². The van der Waals surface area contributed by atoms with Crippen LogP contribution in [-0.4, -0.2) is 8.42 Å². The van der Waals surface area contributed by atoms with E-state index in [1.807, 2.05) is 0 Å². The monoisotopic (exact) mass is 418 g/mol. The molecule has 0 spiro atoms. The molecule has 0 aliphatic heterocycles. The lowest BCUT2D eigenvalue weighted by Crippen LogP contribution is -2.15. The zero-order valence-electron chi connectivity index (χ0n) is 10.3. The summed E-state index contributed by atoms with van der Waals surface area (Å²) < 4.78 is 28.3. The van der Waals surface area contributed by atoms with Gasteiger partial charge in [-0.1, -0.05) is 28.1 Å². The van der Waals surface area contributed by atoms with Gasteiger partial charge in [-0.15, -0.1) is 0 Å². The highest BCUT2D eigenvalue weighted by Crippen LogP contribution is 2.27. The van der Waals surface area contributed by atoms with Crippen LogP contribution in [0.25, 0.3) is 0 Å². The molecule has 2 rings (SSSR count). The number of anilines is 2. The molecule has 2 aromatic carbocycles. The first-order valence-corrected chi connectivity index (χ1v) is 8.89. The van der Waals surface area contributed by atoms with Gasteiger partial charge in [0.25, 0.3) is 0 Å². The van der Waals surface area contributed by atoms with Crippen molar-refractivity contribution in [3.8, 4) is 0 Å². The molecular formula is C13H12Br2N2O2S. The lowest BCUT2D eigenvalue weighted by molar-refractivity contribution is 0.600. The zero-order valence-corrected chi connectivity index (χ0v) is 14.3. The van der Waals surface area contributed by atoms with Crippen LogP contribution in [0.1, 0.15) is 5.56 Å². The second-order valence-corrected chi connectivity index (χ2v) is 7.72. The van der Waals surface area contributed by atoms with E-state index < -0.39 is 10.0 Å². The van der Waals surface area contributed by atoms with E-state index in [1.54, 1.807) is 42.5 Å². The molecule has 3 N–H and O–H groups in total. The van der Waals surface area contributed by atoms with Gasteiger partial charge in [-0.2, -0.15) is 0 Å². The van der Waals surface area contributed by atoms with Gasteiger partial charge in [0.15, 0.2) is 0 Å². The van der Waals surface area contributed by atoms with Crippen molar-refractivity contribution in [1.82, 2.24) is 0 Å². The first kappa shape index (κ1) is 15.3. The molecule has 7 heteroatoms. The Bertz CT molecular complexity index is 733. The lowest BCUT2D eigenvalue weighted by Gasteiger charge is -2.10. The Morgan fingerprint density at radius 2 is 1.85 bits per heavy atom. The van der Waals surface area contributed by atoms with Crippen molar-refractivity contribution in [2.24, 2.45) is 0 Å². The van der Waals surface area contributed by atoms with E-state index in [1.165, 1.54) is 0 Å². The molecule has 0 saturated carbocycles. The fourth-order valence-corrected chi connectivity index (χ4v) is 4.16. The van der Waals surface area contributed by atoms with Crippen LogP contribution >= 0.6 is 31.9 Å². The van der Waals surface area contributed by atoms with E-state index in [4.69, 9.17) is 5.73 Å². The highest BCUT2D eigenvalue weighted by molar-refractivity contribution is 9.11. The molecule has 2 aromatic rings. The van der Waals surface area contributed by atoms with Gasteiger partial charge in [-0.3, -0.25) is 4.72 Å². The molecule has 0 atom stereocenters. The summed E-state index contributed by atoms with van der Waals surface area (Å²) in [4.78, 5) is 0. The highest BCUT2D eigenvalue weighted by Gasteiger charge is 2.13. The normalized spacial score (nSPS) is 11.3. The summed E-state index contributed by atoms with van der Waals surface area (Å²) in [5.41, 5.74) is 7.33. The summed E-state index contributed by atoms with van der Waals surface area (Å²) in [6.45, 7) is 0. The molecule has 106 valence electrons. The molecule has 0 unspecified atom stereocenters. The van der Waals surface area contributed by atoms with Gasteiger partial charge < -0.3 is 5.73 Å². The summed E-state index contributed by atoms with van der Waals surface area (Å²) in [6.07, 6.45) is 0. The Balaban J connectivity index is 2.19. The lowest BCUT2D eigenvalue weighted by atomic mass is 10.2. The number of nitrogens with two attached hydrogens (primary N) is 1.